The number of hydrogen-bond acceptors (Lipinski definition) is 3. The summed E-state index contributed by atoms with van der Waals surface area (Å²) in [5.41, 5.74) is 5.02. The number of nitrogens with one attached hydrogen (secondary N) is 1. The Bertz CT molecular complexity index is 237. The first-order chi connectivity index (χ1) is 5.54. The van der Waals surface area contributed by atoms with E-state index < -0.39 is 11.9 Å². The van der Waals surface area contributed by atoms with E-state index in [2.05, 4.69) is 5.32 Å². The average molecular weight is 187 g/mol. The van der Waals surface area contributed by atoms with Gasteiger partial charge in [0.25, 0.3) is 0 Å². The zero-order valence-electron chi connectivity index (χ0n) is 6.53. The molecule has 6 heteroatoms. The number of hydrogen-bond donors (Lipinski definition) is 2. The summed E-state index contributed by atoms with van der Waals surface area (Å²) >= 11 is 4.80. The molecule has 66 valence electrons. The molecule has 12 heavy (non-hydrogen) atoms. The molecule has 3 N–H and O–H groups in total. The molecule has 1 heterocycles. The maximum atomic E-state index is 11.1. The highest BCUT2D eigenvalue weighted by Gasteiger charge is 2.32. The van der Waals surface area contributed by atoms with Gasteiger partial charge in [0.15, 0.2) is 5.11 Å². The first kappa shape index (κ1) is 8.92. The number of carbonyl (C=O) groups is 2. The lowest BCUT2D eigenvalue weighted by molar-refractivity contribution is -0.131. The highest BCUT2D eigenvalue weighted by atomic mass is 32.1. The molecule has 1 fully saturated rings. The second-order valence-electron chi connectivity index (χ2n) is 2.50. The SMILES string of the molecule is CC(C(N)=O)N1C(=O)CNC1=S. The molecule has 1 unspecified atom stereocenters. The molecule has 2 amide bonds. The van der Waals surface area contributed by atoms with Crippen molar-refractivity contribution in [2.45, 2.75) is 13.0 Å². The van der Waals surface area contributed by atoms with Crippen LogP contribution in [-0.4, -0.2) is 34.4 Å². The number of primary amides is 1. The summed E-state index contributed by atoms with van der Waals surface area (Å²) in [4.78, 5) is 23.0. The van der Waals surface area contributed by atoms with Gasteiger partial charge in [0, 0.05) is 0 Å². The van der Waals surface area contributed by atoms with E-state index in [1.54, 1.807) is 6.92 Å². The first-order valence-corrected chi connectivity index (χ1v) is 3.84. The molecule has 1 aliphatic heterocycles. The van der Waals surface area contributed by atoms with Gasteiger partial charge in [-0.15, -0.1) is 0 Å². The third-order valence-electron chi connectivity index (χ3n) is 1.68. The number of nitrogens with zero attached hydrogens (tertiary/aromatic N) is 1. The molecule has 0 saturated carbocycles. The van der Waals surface area contributed by atoms with E-state index in [-0.39, 0.29) is 17.6 Å². The first-order valence-electron chi connectivity index (χ1n) is 3.43. The van der Waals surface area contributed by atoms with E-state index in [1.807, 2.05) is 0 Å². The van der Waals surface area contributed by atoms with E-state index in [0.717, 1.165) is 0 Å². The standard InChI is InChI=1S/C6H9N3O2S/c1-3(5(7)11)9-4(10)2-8-6(9)12/h3H,2H2,1H3,(H2,7,11)(H,8,12). The highest BCUT2D eigenvalue weighted by Crippen LogP contribution is 2.04. The van der Waals surface area contributed by atoms with Crippen LogP contribution >= 0.6 is 12.2 Å². The van der Waals surface area contributed by atoms with Crippen LogP contribution in [0.1, 0.15) is 6.92 Å². The zero-order valence-corrected chi connectivity index (χ0v) is 7.35. The predicted molar refractivity (Wildman–Crippen MR) is 46.1 cm³/mol. The Hall–Kier alpha value is -1.17. The van der Waals surface area contributed by atoms with Crippen molar-refractivity contribution in [1.29, 1.82) is 0 Å². The summed E-state index contributed by atoms with van der Waals surface area (Å²) in [6, 6.07) is -0.667. The van der Waals surface area contributed by atoms with E-state index in [0.29, 0.717) is 0 Å². The van der Waals surface area contributed by atoms with E-state index >= 15 is 0 Å². The number of rotatable bonds is 2. The van der Waals surface area contributed by atoms with Gasteiger partial charge in [0.05, 0.1) is 6.54 Å². The molecule has 0 bridgehead atoms. The van der Waals surface area contributed by atoms with Gasteiger partial charge in [-0.25, -0.2) is 0 Å². The Morgan fingerprint density at radius 2 is 2.42 bits per heavy atom. The normalized spacial score (nSPS) is 19.2. The van der Waals surface area contributed by atoms with E-state index in [9.17, 15) is 9.59 Å². The van der Waals surface area contributed by atoms with Crippen molar-refractivity contribution in [1.82, 2.24) is 10.2 Å². The maximum absolute atomic E-state index is 11.1. The molecule has 1 aliphatic rings. The van der Waals surface area contributed by atoms with Gasteiger partial charge >= 0.3 is 0 Å². The fourth-order valence-electron chi connectivity index (χ4n) is 0.954. The zero-order chi connectivity index (χ0) is 9.30. The minimum Gasteiger partial charge on any atom is -0.368 e. The predicted octanol–water partition coefficient (Wildman–Crippen LogP) is -1.42. The Morgan fingerprint density at radius 3 is 2.75 bits per heavy atom. The minimum atomic E-state index is -0.667. The van der Waals surface area contributed by atoms with Crippen LogP contribution in [0.2, 0.25) is 0 Å². The summed E-state index contributed by atoms with van der Waals surface area (Å²) in [7, 11) is 0. The summed E-state index contributed by atoms with van der Waals surface area (Å²) in [6.45, 7) is 1.69. The van der Waals surface area contributed by atoms with Crippen LogP contribution in [0, 0.1) is 0 Å². The van der Waals surface area contributed by atoms with Crippen molar-refractivity contribution in [2.75, 3.05) is 6.54 Å². The molecule has 0 radical (unpaired) electrons. The van der Waals surface area contributed by atoms with Gasteiger partial charge in [0.2, 0.25) is 11.8 Å². The van der Waals surface area contributed by atoms with Crippen molar-refractivity contribution >= 4 is 29.1 Å². The van der Waals surface area contributed by atoms with Crippen LogP contribution in [0.5, 0.6) is 0 Å². The molecule has 0 aromatic heterocycles. The second-order valence-corrected chi connectivity index (χ2v) is 2.89. The lowest BCUT2D eigenvalue weighted by Gasteiger charge is -2.19. The lowest BCUT2D eigenvalue weighted by atomic mass is 10.3. The summed E-state index contributed by atoms with van der Waals surface area (Å²) < 4.78 is 0. The fraction of sp³-hybridized carbons (Fsp3) is 0.500. The van der Waals surface area contributed by atoms with Crippen LogP contribution in [0.15, 0.2) is 0 Å². The monoisotopic (exact) mass is 187 g/mol. The van der Waals surface area contributed by atoms with Gasteiger partial charge in [0.1, 0.15) is 6.04 Å². The smallest absolute Gasteiger partial charge is 0.248 e. The third kappa shape index (κ3) is 1.38. The van der Waals surface area contributed by atoms with Gasteiger partial charge in [-0.1, -0.05) is 0 Å². The van der Waals surface area contributed by atoms with Crippen molar-refractivity contribution in [2.24, 2.45) is 5.73 Å². The molecule has 0 aliphatic carbocycles. The summed E-state index contributed by atoms with van der Waals surface area (Å²) in [6.07, 6.45) is 0. The minimum absolute atomic E-state index is 0.149. The quantitative estimate of drug-likeness (QED) is 0.520. The Balaban J connectivity index is 2.79. The van der Waals surface area contributed by atoms with Crippen molar-refractivity contribution in [3.63, 3.8) is 0 Å². The number of amides is 2. The van der Waals surface area contributed by atoms with Gasteiger partial charge in [-0.05, 0) is 19.1 Å². The molecule has 0 spiro atoms. The Kier molecular flexibility index (Phi) is 2.27. The average Bonchev–Trinajstić information content (AvgIpc) is 2.30. The molecular weight excluding hydrogens is 178 g/mol. The third-order valence-corrected chi connectivity index (χ3v) is 2.02. The molecule has 1 atom stereocenters. The van der Waals surface area contributed by atoms with E-state index in [4.69, 9.17) is 18.0 Å². The Morgan fingerprint density at radius 1 is 1.83 bits per heavy atom. The van der Waals surface area contributed by atoms with Crippen LogP contribution in [0.25, 0.3) is 0 Å². The summed E-state index contributed by atoms with van der Waals surface area (Å²) in [5, 5.41) is 2.92. The largest absolute Gasteiger partial charge is 0.368 e. The van der Waals surface area contributed by atoms with Crippen LogP contribution < -0.4 is 11.1 Å². The van der Waals surface area contributed by atoms with Crippen LogP contribution in [0.3, 0.4) is 0 Å². The Labute approximate surface area is 74.9 Å². The molecular formula is C6H9N3O2S. The molecule has 1 rings (SSSR count). The number of carbonyl (C=O) groups excluding carboxylic acids is 2. The number of thiocarbonyl (C=S) groups is 1. The topological polar surface area (TPSA) is 75.4 Å². The van der Waals surface area contributed by atoms with Crippen molar-refractivity contribution < 1.29 is 9.59 Å². The molecule has 0 aromatic rings. The maximum Gasteiger partial charge on any atom is 0.248 e. The molecule has 0 aromatic carbocycles. The fourth-order valence-corrected chi connectivity index (χ4v) is 1.29. The molecule has 1 saturated heterocycles. The van der Waals surface area contributed by atoms with Gasteiger partial charge in [-0.3, -0.25) is 14.5 Å². The van der Waals surface area contributed by atoms with Crippen molar-refractivity contribution in [3.8, 4) is 0 Å². The highest BCUT2D eigenvalue weighted by molar-refractivity contribution is 7.80. The van der Waals surface area contributed by atoms with Crippen LogP contribution in [0.4, 0.5) is 0 Å². The summed E-state index contributed by atoms with van der Waals surface area (Å²) in [5.74, 6) is -0.777. The van der Waals surface area contributed by atoms with Crippen molar-refractivity contribution in [3.05, 3.63) is 0 Å². The second kappa shape index (κ2) is 3.06. The molecule has 5 nitrogen and oxygen atoms in total. The number of nitrogens with two attached hydrogens (primary N) is 1. The van der Waals surface area contributed by atoms with E-state index in [1.165, 1.54) is 4.90 Å². The van der Waals surface area contributed by atoms with Gasteiger partial charge < -0.3 is 11.1 Å². The lowest BCUT2D eigenvalue weighted by Crippen LogP contribution is -2.46. The van der Waals surface area contributed by atoms with Gasteiger partial charge in [-0.2, -0.15) is 0 Å². The van der Waals surface area contributed by atoms with Crippen LogP contribution in [-0.2, 0) is 9.59 Å².